The van der Waals surface area contributed by atoms with E-state index in [0.29, 0.717) is 18.8 Å². The Labute approximate surface area is 192 Å². The third kappa shape index (κ3) is 9.75. The van der Waals surface area contributed by atoms with E-state index >= 15 is 0 Å². The Hall–Kier alpha value is -2.51. The molecular formula is C24H40N2O6. The van der Waals surface area contributed by atoms with Crippen LogP contribution >= 0.6 is 0 Å². The van der Waals surface area contributed by atoms with Crippen molar-refractivity contribution in [2.45, 2.75) is 84.7 Å². The molecule has 32 heavy (non-hydrogen) atoms. The van der Waals surface area contributed by atoms with Gasteiger partial charge in [0.1, 0.15) is 6.61 Å². The van der Waals surface area contributed by atoms with E-state index in [1.807, 2.05) is 0 Å². The Balaban J connectivity index is 2.78. The van der Waals surface area contributed by atoms with Crippen LogP contribution in [0.4, 0.5) is 10.5 Å². The molecule has 0 aliphatic heterocycles. The second kappa shape index (κ2) is 16.2. The predicted molar refractivity (Wildman–Crippen MR) is 125 cm³/mol. The van der Waals surface area contributed by atoms with Crippen LogP contribution in [0, 0.1) is 10.1 Å². The predicted octanol–water partition coefficient (Wildman–Crippen LogP) is 6.49. The summed E-state index contributed by atoms with van der Waals surface area (Å²) in [6.45, 7) is 5.44. The molecular weight excluding hydrogens is 412 g/mol. The molecule has 0 aliphatic carbocycles. The Bertz CT molecular complexity index is 681. The molecule has 0 fully saturated rings. The highest BCUT2D eigenvalue weighted by Crippen LogP contribution is 2.34. The zero-order valence-electron chi connectivity index (χ0n) is 20.2. The van der Waals surface area contributed by atoms with Crippen molar-refractivity contribution in [2.75, 3.05) is 27.3 Å². The number of nitro groups is 1. The molecule has 0 aromatic heterocycles. The maximum Gasteiger partial charge on any atom is 0.410 e. The lowest BCUT2D eigenvalue weighted by molar-refractivity contribution is -0.385. The van der Waals surface area contributed by atoms with Gasteiger partial charge in [0.25, 0.3) is 5.69 Å². The van der Waals surface area contributed by atoms with Gasteiger partial charge >= 0.3 is 6.09 Å². The third-order valence-electron chi connectivity index (χ3n) is 5.45. The van der Waals surface area contributed by atoms with Crippen molar-refractivity contribution < 1.29 is 23.9 Å². The summed E-state index contributed by atoms with van der Waals surface area (Å²) in [4.78, 5) is 25.5. The van der Waals surface area contributed by atoms with Crippen LogP contribution in [0.3, 0.4) is 0 Å². The van der Waals surface area contributed by atoms with Crippen molar-refractivity contribution in [3.63, 3.8) is 0 Å². The highest BCUT2D eigenvalue weighted by molar-refractivity contribution is 5.68. The quantitative estimate of drug-likeness (QED) is 0.152. The Morgan fingerprint density at radius 3 is 1.84 bits per heavy atom. The minimum absolute atomic E-state index is 0.166. The summed E-state index contributed by atoms with van der Waals surface area (Å²) in [6.07, 6.45) is 10.7. The van der Waals surface area contributed by atoms with E-state index in [1.54, 1.807) is 4.90 Å². The summed E-state index contributed by atoms with van der Waals surface area (Å²) >= 11 is 0. The van der Waals surface area contributed by atoms with E-state index in [4.69, 9.17) is 14.2 Å². The summed E-state index contributed by atoms with van der Waals surface area (Å²) < 4.78 is 15.9. The molecule has 0 atom stereocenters. The molecule has 0 heterocycles. The first-order chi connectivity index (χ1) is 15.5. The number of carbonyl (C=O) groups excluding carboxylic acids is 1. The van der Waals surface area contributed by atoms with Crippen molar-refractivity contribution >= 4 is 11.8 Å². The maximum atomic E-state index is 12.8. The molecule has 1 aromatic carbocycles. The van der Waals surface area contributed by atoms with Gasteiger partial charge in [-0.25, -0.2) is 4.79 Å². The van der Waals surface area contributed by atoms with Crippen molar-refractivity contribution in [1.29, 1.82) is 0 Å². The van der Waals surface area contributed by atoms with Crippen LogP contribution in [0.2, 0.25) is 0 Å². The minimum Gasteiger partial charge on any atom is -0.493 e. The fourth-order valence-corrected chi connectivity index (χ4v) is 3.53. The molecule has 8 heteroatoms. The Morgan fingerprint density at radius 2 is 1.38 bits per heavy atom. The molecule has 0 spiro atoms. The van der Waals surface area contributed by atoms with Gasteiger partial charge in [0, 0.05) is 13.1 Å². The standard InChI is InChI=1S/C24H40N2O6/c1-5-7-9-11-13-15-25(16-14-12-10-8-6-2)24(27)32-19-20-17-22(30-3)23(31-4)18-21(20)26(28)29/h17-18H,5-16,19H2,1-4H3. The molecule has 1 amide bonds. The number of methoxy groups -OCH3 is 2. The van der Waals surface area contributed by atoms with Crippen molar-refractivity contribution in [3.8, 4) is 11.5 Å². The number of nitrogens with zero attached hydrogens (tertiary/aromatic N) is 2. The second-order valence-electron chi connectivity index (χ2n) is 7.96. The number of ether oxygens (including phenoxy) is 3. The molecule has 0 N–H and O–H groups in total. The number of benzene rings is 1. The van der Waals surface area contributed by atoms with Crippen molar-refractivity contribution in [1.82, 2.24) is 4.90 Å². The molecule has 1 aromatic rings. The topological polar surface area (TPSA) is 91.1 Å². The van der Waals surface area contributed by atoms with Gasteiger partial charge in [-0.05, 0) is 18.9 Å². The zero-order chi connectivity index (χ0) is 23.8. The molecule has 8 nitrogen and oxygen atoms in total. The van der Waals surface area contributed by atoms with Crippen molar-refractivity contribution in [3.05, 3.63) is 27.8 Å². The van der Waals surface area contributed by atoms with Crippen molar-refractivity contribution in [2.24, 2.45) is 0 Å². The van der Waals surface area contributed by atoms with Gasteiger partial charge in [-0.3, -0.25) is 10.1 Å². The smallest absolute Gasteiger partial charge is 0.410 e. The van der Waals surface area contributed by atoms with Crippen LogP contribution in [0.25, 0.3) is 0 Å². The lowest BCUT2D eigenvalue weighted by Gasteiger charge is -2.22. The summed E-state index contributed by atoms with van der Waals surface area (Å²) in [7, 11) is 2.87. The summed E-state index contributed by atoms with van der Waals surface area (Å²) in [6, 6.07) is 2.78. The minimum atomic E-state index is -0.510. The average Bonchev–Trinajstić information content (AvgIpc) is 2.80. The number of unbranched alkanes of at least 4 members (excludes halogenated alkanes) is 8. The number of hydrogen-bond donors (Lipinski definition) is 0. The van der Waals surface area contributed by atoms with Gasteiger partial charge in [-0.15, -0.1) is 0 Å². The van der Waals surface area contributed by atoms with Gasteiger partial charge in [-0.2, -0.15) is 0 Å². The van der Waals surface area contributed by atoms with Gasteiger partial charge in [-0.1, -0.05) is 65.2 Å². The van der Waals surface area contributed by atoms with E-state index in [2.05, 4.69) is 13.8 Å². The van der Waals surface area contributed by atoms with Crippen LogP contribution in [0.15, 0.2) is 12.1 Å². The number of rotatable bonds is 17. The second-order valence-corrected chi connectivity index (χ2v) is 7.96. The summed E-state index contributed by atoms with van der Waals surface area (Å²) in [5.74, 6) is 0.614. The Kier molecular flexibility index (Phi) is 13.9. The fraction of sp³-hybridized carbons (Fsp3) is 0.708. The van der Waals surface area contributed by atoms with E-state index in [9.17, 15) is 14.9 Å². The maximum absolute atomic E-state index is 12.8. The third-order valence-corrected chi connectivity index (χ3v) is 5.45. The molecule has 1 rings (SSSR count). The first-order valence-corrected chi connectivity index (χ1v) is 11.8. The molecule has 0 saturated heterocycles. The first kappa shape index (κ1) is 27.5. The van der Waals surface area contributed by atoms with Crippen LogP contribution in [-0.2, 0) is 11.3 Å². The normalized spacial score (nSPS) is 10.6. The van der Waals surface area contributed by atoms with Gasteiger partial charge in [0.2, 0.25) is 0 Å². The van der Waals surface area contributed by atoms with Crippen LogP contribution in [0.1, 0.15) is 83.6 Å². The van der Waals surface area contributed by atoms with Gasteiger partial charge in [0.15, 0.2) is 11.5 Å². The van der Waals surface area contributed by atoms with E-state index in [1.165, 1.54) is 52.0 Å². The molecule has 0 radical (unpaired) electrons. The first-order valence-electron chi connectivity index (χ1n) is 11.8. The molecule has 0 bridgehead atoms. The number of nitro benzene ring substituents is 1. The van der Waals surface area contributed by atoms with Crippen LogP contribution in [0.5, 0.6) is 11.5 Å². The molecule has 182 valence electrons. The molecule has 0 unspecified atom stereocenters. The Morgan fingerprint density at radius 1 is 0.875 bits per heavy atom. The lowest BCUT2D eigenvalue weighted by Crippen LogP contribution is -2.33. The average molecular weight is 453 g/mol. The van der Waals surface area contributed by atoms with E-state index in [-0.39, 0.29) is 23.6 Å². The van der Waals surface area contributed by atoms with E-state index in [0.717, 1.165) is 38.5 Å². The van der Waals surface area contributed by atoms with Gasteiger partial charge < -0.3 is 19.1 Å². The summed E-state index contributed by atoms with van der Waals surface area (Å²) in [5, 5.41) is 11.5. The highest BCUT2D eigenvalue weighted by atomic mass is 16.6. The number of amides is 1. The van der Waals surface area contributed by atoms with Crippen LogP contribution in [-0.4, -0.2) is 43.2 Å². The molecule has 0 aliphatic rings. The number of hydrogen-bond acceptors (Lipinski definition) is 6. The molecule has 0 saturated carbocycles. The van der Waals surface area contributed by atoms with Crippen LogP contribution < -0.4 is 9.47 Å². The summed E-state index contributed by atoms with van der Waals surface area (Å²) in [5.41, 5.74) is 0.105. The number of carbonyl (C=O) groups is 1. The SMILES string of the molecule is CCCCCCCN(CCCCCCC)C(=O)OCc1cc(OC)c(OC)cc1[N+](=O)[O-]. The highest BCUT2D eigenvalue weighted by Gasteiger charge is 2.22. The monoisotopic (exact) mass is 452 g/mol. The van der Waals surface area contributed by atoms with Gasteiger partial charge in [0.05, 0.1) is 30.8 Å². The fourth-order valence-electron chi connectivity index (χ4n) is 3.53. The van der Waals surface area contributed by atoms with E-state index < -0.39 is 11.0 Å². The largest absolute Gasteiger partial charge is 0.493 e. The lowest BCUT2D eigenvalue weighted by atomic mass is 10.1. The zero-order valence-corrected chi connectivity index (χ0v) is 20.2.